The number of thiol groups is 1. The summed E-state index contributed by atoms with van der Waals surface area (Å²) in [6.45, 7) is 13.8. The highest BCUT2D eigenvalue weighted by molar-refractivity contribution is 7.81. The fourth-order valence-corrected chi connectivity index (χ4v) is 3.07. The van der Waals surface area contributed by atoms with Crippen LogP contribution in [-0.2, 0) is 0 Å². The molecule has 0 aromatic carbocycles. The smallest absolute Gasteiger partial charge is 0.00523 e. The Balaban J connectivity index is 4.14. The molecule has 0 spiro atoms. The van der Waals surface area contributed by atoms with Crippen LogP contribution >= 0.6 is 12.6 Å². The number of hydrogen-bond acceptors (Lipinski definition) is 1. The summed E-state index contributed by atoms with van der Waals surface area (Å²) < 4.78 is 0. The van der Waals surface area contributed by atoms with E-state index in [0.717, 1.165) is 11.8 Å². The first-order valence-corrected chi connectivity index (χ1v) is 5.97. The normalized spacial score (nSPS) is 17.5. The Bertz CT molecular complexity index is 133. The quantitative estimate of drug-likeness (QED) is 0.642. The Morgan fingerprint density at radius 2 is 1.62 bits per heavy atom. The molecular formula is C12H26S. The van der Waals surface area contributed by atoms with Crippen LogP contribution in [0.1, 0.15) is 54.4 Å². The zero-order valence-electron chi connectivity index (χ0n) is 10.1. The van der Waals surface area contributed by atoms with Gasteiger partial charge in [0.15, 0.2) is 0 Å². The number of hydrogen-bond donors (Lipinski definition) is 1. The number of rotatable bonds is 4. The topological polar surface area (TPSA) is 0 Å². The van der Waals surface area contributed by atoms with Gasteiger partial charge in [-0.1, -0.05) is 48.0 Å². The lowest BCUT2D eigenvalue weighted by Gasteiger charge is -2.30. The van der Waals surface area contributed by atoms with Crippen LogP contribution in [0, 0.1) is 17.3 Å². The van der Waals surface area contributed by atoms with Gasteiger partial charge in [-0.2, -0.15) is 12.6 Å². The molecule has 0 aliphatic heterocycles. The standard InChI is InChI=1S/C12H26S/c1-7-10(9(2)3)11(13)8-12(4,5)6/h9-11,13H,7-8H2,1-6H3. The Morgan fingerprint density at radius 3 is 1.85 bits per heavy atom. The van der Waals surface area contributed by atoms with Gasteiger partial charge < -0.3 is 0 Å². The lowest BCUT2D eigenvalue weighted by atomic mass is 9.81. The highest BCUT2D eigenvalue weighted by Crippen LogP contribution is 2.32. The van der Waals surface area contributed by atoms with Gasteiger partial charge >= 0.3 is 0 Å². The van der Waals surface area contributed by atoms with Crippen LogP contribution in [0.5, 0.6) is 0 Å². The highest BCUT2D eigenvalue weighted by Gasteiger charge is 2.24. The summed E-state index contributed by atoms with van der Waals surface area (Å²) in [5.41, 5.74) is 0.411. The third kappa shape index (κ3) is 5.61. The zero-order valence-corrected chi connectivity index (χ0v) is 11.0. The summed E-state index contributed by atoms with van der Waals surface area (Å²) in [4.78, 5) is 0. The van der Waals surface area contributed by atoms with Crippen LogP contribution in [0.4, 0.5) is 0 Å². The van der Waals surface area contributed by atoms with E-state index in [2.05, 4.69) is 41.5 Å². The molecule has 0 heterocycles. The van der Waals surface area contributed by atoms with E-state index in [1.165, 1.54) is 12.8 Å². The molecule has 0 rings (SSSR count). The molecule has 0 N–H and O–H groups in total. The van der Waals surface area contributed by atoms with Crippen molar-refractivity contribution in [2.24, 2.45) is 17.3 Å². The van der Waals surface area contributed by atoms with E-state index in [1.54, 1.807) is 0 Å². The van der Waals surface area contributed by atoms with Gasteiger partial charge in [-0.05, 0) is 23.7 Å². The molecule has 0 nitrogen and oxygen atoms in total. The van der Waals surface area contributed by atoms with E-state index in [9.17, 15) is 0 Å². The Labute approximate surface area is 89.9 Å². The van der Waals surface area contributed by atoms with E-state index >= 15 is 0 Å². The summed E-state index contributed by atoms with van der Waals surface area (Å²) in [6.07, 6.45) is 2.47. The Kier molecular flexibility index (Phi) is 5.43. The molecule has 0 bridgehead atoms. The van der Waals surface area contributed by atoms with Crippen LogP contribution in [0.15, 0.2) is 0 Å². The third-order valence-electron chi connectivity index (χ3n) is 2.64. The fraction of sp³-hybridized carbons (Fsp3) is 1.00. The van der Waals surface area contributed by atoms with Crippen molar-refractivity contribution >= 4 is 12.6 Å². The van der Waals surface area contributed by atoms with Crippen LogP contribution < -0.4 is 0 Å². The maximum absolute atomic E-state index is 4.74. The molecule has 0 fully saturated rings. The van der Waals surface area contributed by atoms with E-state index in [4.69, 9.17) is 12.6 Å². The monoisotopic (exact) mass is 202 g/mol. The lowest BCUT2D eigenvalue weighted by molar-refractivity contribution is 0.285. The highest BCUT2D eigenvalue weighted by atomic mass is 32.1. The maximum atomic E-state index is 4.74. The van der Waals surface area contributed by atoms with E-state index < -0.39 is 0 Å². The minimum Gasteiger partial charge on any atom is -0.176 e. The molecule has 0 aromatic heterocycles. The van der Waals surface area contributed by atoms with Crippen molar-refractivity contribution in [1.29, 1.82) is 0 Å². The summed E-state index contributed by atoms with van der Waals surface area (Å²) in [6, 6.07) is 0. The molecule has 0 radical (unpaired) electrons. The molecule has 1 heteroatoms. The first-order chi connectivity index (χ1) is 5.78. The van der Waals surface area contributed by atoms with Crippen molar-refractivity contribution in [2.75, 3.05) is 0 Å². The largest absolute Gasteiger partial charge is 0.176 e. The average Bonchev–Trinajstić information content (AvgIpc) is 1.82. The third-order valence-corrected chi connectivity index (χ3v) is 3.21. The Morgan fingerprint density at radius 1 is 1.15 bits per heavy atom. The first-order valence-electron chi connectivity index (χ1n) is 5.46. The van der Waals surface area contributed by atoms with Gasteiger partial charge in [-0.15, -0.1) is 0 Å². The fourth-order valence-electron chi connectivity index (χ4n) is 1.97. The van der Waals surface area contributed by atoms with Crippen molar-refractivity contribution in [2.45, 2.75) is 59.6 Å². The molecule has 2 unspecified atom stereocenters. The summed E-state index contributed by atoms with van der Waals surface area (Å²) in [5.74, 6) is 1.53. The SMILES string of the molecule is CCC(C(C)C)C(S)CC(C)(C)C. The van der Waals surface area contributed by atoms with Gasteiger partial charge in [-0.3, -0.25) is 0 Å². The molecule has 0 aliphatic rings. The van der Waals surface area contributed by atoms with E-state index in [1.807, 2.05) is 0 Å². The predicted molar refractivity (Wildman–Crippen MR) is 65.5 cm³/mol. The van der Waals surface area contributed by atoms with Crippen molar-refractivity contribution in [3.8, 4) is 0 Å². The maximum Gasteiger partial charge on any atom is 0.00523 e. The van der Waals surface area contributed by atoms with Gasteiger partial charge in [0.05, 0.1) is 0 Å². The molecule has 13 heavy (non-hydrogen) atoms. The molecule has 0 aromatic rings. The van der Waals surface area contributed by atoms with E-state index in [-0.39, 0.29) is 0 Å². The van der Waals surface area contributed by atoms with Gasteiger partial charge in [-0.25, -0.2) is 0 Å². The van der Waals surface area contributed by atoms with Gasteiger partial charge in [0.2, 0.25) is 0 Å². The van der Waals surface area contributed by atoms with Crippen molar-refractivity contribution in [1.82, 2.24) is 0 Å². The average molecular weight is 202 g/mol. The Hall–Kier alpha value is 0.350. The predicted octanol–water partition coefficient (Wildman–Crippen LogP) is 4.40. The molecule has 80 valence electrons. The van der Waals surface area contributed by atoms with Crippen LogP contribution in [0.3, 0.4) is 0 Å². The second-order valence-electron chi connectivity index (χ2n) is 5.65. The minimum absolute atomic E-state index is 0.411. The molecule has 0 amide bonds. The van der Waals surface area contributed by atoms with Crippen molar-refractivity contribution in [3.05, 3.63) is 0 Å². The summed E-state index contributed by atoms with van der Waals surface area (Å²) in [7, 11) is 0. The van der Waals surface area contributed by atoms with Gasteiger partial charge in [0, 0.05) is 5.25 Å². The second kappa shape index (κ2) is 5.29. The molecule has 0 aliphatic carbocycles. The van der Waals surface area contributed by atoms with Crippen LogP contribution in [0.25, 0.3) is 0 Å². The molecular weight excluding hydrogens is 176 g/mol. The van der Waals surface area contributed by atoms with Crippen LogP contribution in [-0.4, -0.2) is 5.25 Å². The van der Waals surface area contributed by atoms with E-state index in [0.29, 0.717) is 10.7 Å². The summed E-state index contributed by atoms with van der Waals surface area (Å²) >= 11 is 4.74. The first kappa shape index (κ1) is 13.4. The minimum atomic E-state index is 0.411. The molecule has 0 saturated carbocycles. The molecule has 0 saturated heterocycles. The van der Waals surface area contributed by atoms with Crippen LogP contribution in [0.2, 0.25) is 0 Å². The van der Waals surface area contributed by atoms with Crippen molar-refractivity contribution < 1.29 is 0 Å². The lowest BCUT2D eigenvalue weighted by Crippen LogP contribution is -2.24. The molecule has 2 atom stereocenters. The second-order valence-corrected chi connectivity index (χ2v) is 6.31. The zero-order chi connectivity index (χ0) is 10.6. The summed E-state index contributed by atoms with van der Waals surface area (Å²) in [5, 5.41) is 0.560. The van der Waals surface area contributed by atoms with Crippen molar-refractivity contribution in [3.63, 3.8) is 0 Å². The van der Waals surface area contributed by atoms with Gasteiger partial charge in [0.25, 0.3) is 0 Å². The van der Waals surface area contributed by atoms with Gasteiger partial charge in [0.1, 0.15) is 0 Å².